The van der Waals surface area contributed by atoms with Gasteiger partial charge in [0, 0.05) is 18.5 Å². The Balaban J connectivity index is 1.80. The van der Waals surface area contributed by atoms with E-state index in [4.69, 9.17) is 16.3 Å². The van der Waals surface area contributed by atoms with Crippen molar-refractivity contribution in [3.8, 4) is 5.75 Å². The molecule has 21 heavy (non-hydrogen) atoms. The van der Waals surface area contributed by atoms with Crippen LogP contribution in [0, 0.1) is 10.1 Å². The van der Waals surface area contributed by atoms with Gasteiger partial charge in [-0.15, -0.1) is 0 Å². The van der Waals surface area contributed by atoms with Gasteiger partial charge in [-0.3, -0.25) is 10.1 Å². The van der Waals surface area contributed by atoms with Crippen molar-refractivity contribution in [2.75, 3.05) is 0 Å². The zero-order valence-corrected chi connectivity index (χ0v) is 11.5. The maximum atomic E-state index is 10.7. The lowest BCUT2D eigenvalue weighted by Crippen LogP contribution is -1.97. The van der Waals surface area contributed by atoms with Crippen molar-refractivity contribution in [3.63, 3.8) is 0 Å². The van der Waals surface area contributed by atoms with Crippen molar-refractivity contribution in [1.29, 1.82) is 0 Å². The first-order valence-electron chi connectivity index (χ1n) is 6.13. The molecule has 0 fully saturated rings. The zero-order chi connectivity index (χ0) is 14.8. The van der Waals surface area contributed by atoms with Gasteiger partial charge >= 0.3 is 0 Å². The molecule has 106 valence electrons. The third-order valence-corrected chi connectivity index (χ3v) is 3.23. The second-order valence-corrected chi connectivity index (χ2v) is 4.77. The number of hydrogen-bond donors (Lipinski definition) is 0. The molecule has 0 amide bonds. The SMILES string of the molecule is O=[N+]([O-])c1ccc(Cl)c(OCc2cn3ccccc3n2)c1. The largest absolute Gasteiger partial charge is 0.485 e. The van der Waals surface area contributed by atoms with E-state index >= 15 is 0 Å². The molecule has 0 bridgehead atoms. The molecule has 0 spiro atoms. The average molecular weight is 304 g/mol. The Bertz CT molecular complexity index is 783. The smallest absolute Gasteiger partial charge is 0.273 e. The van der Waals surface area contributed by atoms with Crippen LogP contribution in [0.5, 0.6) is 5.75 Å². The lowest BCUT2D eigenvalue weighted by Gasteiger charge is -2.05. The predicted octanol–water partition coefficient (Wildman–Crippen LogP) is 3.47. The third kappa shape index (κ3) is 2.80. The molecule has 2 heterocycles. The highest BCUT2D eigenvalue weighted by molar-refractivity contribution is 6.32. The maximum Gasteiger partial charge on any atom is 0.273 e. The first-order chi connectivity index (χ1) is 10.1. The van der Waals surface area contributed by atoms with Gasteiger partial charge in [-0.25, -0.2) is 4.98 Å². The van der Waals surface area contributed by atoms with Crippen LogP contribution in [-0.4, -0.2) is 14.3 Å². The molecule has 7 heteroatoms. The van der Waals surface area contributed by atoms with E-state index in [2.05, 4.69) is 4.98 Å². The second kappa shape index (κ2) is 5.41. The number of halogens is 1. The van der Waals surface area contributed by atoms with Crippen molar-refractivity contribution in [2.45, 2.75) is 6.61 Å². The number of aromatic nitrogens is 2. The fraction of sp³-hybridized carbons (Fsp3) is 0.0714. The first-order valence-corrected chi connectivity index (χ1v) is 6.50. The summed E-state index contributed by atoms with van der Waals surface area (Å²) in [5.41, 5.74) is 1.45. The summed E-state index contributed by atoms with van der Waals surface area (Å²) in [7, 11) is 0. The van der Waals surface area contributed by atoms with Crippen LogP contribution < -0.4 is 4.74 Å². The van der Waals surface area contributed by atoms with Gasteiger partial charge < -0.3 is 9.14 Å². The monoisotopic (exact) mass is 303 g/mol. The van der Waals surface area contributed by atoms with Crippen LogP contribution in [0.3, 0.4) is 0 Å². The van der Waals surface area contributed by atoms with Crippen LogP contribution in [0.2, 0.25) is 5.02 Å². The van der Waals surface area contributed by atoms with E-state index in [0.717, 1.165) is 5.65 Å². The molecule has 0 radical (unpaired) electrons. The lowest BCUT2D eigenvalue weighted by atomic mass is 10.3. The fourth-order valence-electron chi connectivity index (χ4n) is 1.92. The molecule has 0 aliphatic carbocycles. The molecule has 0 unspecified atom stereocenters. The molecule has 0 atom stereocenters. The number of ether oxygens (including phenoxy) is 1. The standard InChI is InChI=1S/C14H10ClN3O3/c15-12-5-4-11(18(19)20)7-13(12)21-9-10-8-17-6-2-1-3-14(17)16-10/h1-8H,9H2. The highest BCUT2D eigenvalue weighted by atomic mass is 35.5. The number of rotatable bonds is 4. The van der Waals surface area contributed by atoms with Crippen LogP contribution in [0.1, 0.15) is 5.69 Å². The summed E-state index contributed by atoms with van der Waals surface area (Å²) >= 11 is 5.97. The Morgan fingerprint density at radius 1 is 1.33 bits per heavy atom. The summed E-state index contributed by atoms with van der Waals surface area (Å²) < 4.78 is 7.40. The molecule has 0 N–H and O–H groups in total. The molecule has 3 aromatic rings. The maximum absolute atomic E-state index is 10.7. The van der Waals surface area contributed by atoms with Crippen LogP contribution in [-0.2, 0) is 6.61 Å². The number of non-ortho nitro benzene ring substituents is 1. The van der Waals surface area contributed by atoms with E-state index in [1.807, 2.05) is 35.0 Å². The van der Waals surface area contributed by atoms with Crippen LogP contribution in [0.25, 0.3) is 5.65 Å². The zero-order valence-electron chi connectivity index (χ0n) is 10.8. The van der Waals surface area contributed by atoms with E-state index in [0.29, 0.717) is 10.7 Å². The summed E-state index contributed by atoms with van der Waals surface area (Å²) in [6.07, 6.45) is 3.72. The van der Waals surface area contributed by atoms with Crippen molar-refractivity contribution in [3.05, 3.63) is 69.6 Å². The molecule has 0 saturated carbocycles. The van der Waals surface area contributed by atoms with E-state index < -0.39 is 4.92 Å². The molecule has 1 aromatic carbocycles. The third-order valence-electron chi connectivity index (χ3n) is 2.92. The highest BCUT2D eigenvalue weighted by Crippen LogP contribution is 2.29. The van der Waals surface area contributed by atoms with Gasteiger partial charge in [0.05, 0.1) is 21.7 Å². The number of benzene rings is 1. The lowest BCUT2D eigenvalue weighted by molar-refractivity contribution is -0.384. The minimum Gasteiger partial charge on any atom is -0.485 e. The van der Waals surface area contributed by atoms with E-state index in [-0.39, 0.29) is 18.0 Å². The Labute approximate surface area is 124 Å². The van der Waals surface area contributed by atoms with Gasteiger partial charge in [0.2, 0.25) is 0 Å². The van der Waals surface area contributed by atoms with Crippen LogP contribution in [0.15, 0.2) is 48.8 Å². The average Bonchev–Trinajstić information content (AvgIpc) is 2.89. The molecular weight excluding hydrogens is 294 g/mol. The molecule has 0 aliphatic rings. The Kier molecular flexibility index (Phi) is 3.45. The van der Waals surface area contributed by atoms with E-state index in [9.17, 15) is 10.1 Å². The number of nitrogens with zero attached hydrogens (tertiary/aromatic N) is 3. The van der Waals surface area contributed by atoms with Gasteiger partial charge in [-0.05, 0) is 18.2 Å². The Morgan fingerprint density at radius 2 is 2.19 bits per heavy atom. The molecule has 2 aromatic heterocycles. The van der Waals surface area contributed by atoms with Gasteiger partial charge in [0.15, 0.2) is 0 Å². The summed E-state index contributed by atoms with van der Waals surface area (Å²) in [5, 5.41) is 11.1. The summed E-state index contributed by atoms with van der Waals surface area (Å²) in [6.45, 7) is 0.183. The number of imidazole rings is 1. The second-order valence-electron chi connectivity index (χ2n) is 4.36. The summed E-state index contributed by atoms with van der Waals surface area (Å²) in [6, 6.07) is 9.75. The molecule has 0 saturated heterocycles. The Hall–Kier alpha value is -2.60. The topological polar surface area (TPSA) is 69.7 Å². The Morgan fingerprint density at radius 3 is 2.95 bits per heavy atom. The predicted molar refractivity (Wildman–Crippen MR) is 77.6 cm³/mol. The van der Waals surface area contributed by atoms with Gasteiger partial charge in [0.1, 0.15) is 18.0 Å². The van der Waals surface area contributed by atoms with Crippen LogP contribution >= 0.6 is 11.6 Å². The number of hydrogen-bond acceptors (Lipinski definition) is 4. The van der Waals surface area contributed by atoms with Crippen molar-refractivity contribution < 1.29 is 9.66 Å². The fourth-order valence-corrected chi connectivity index (χ4v) is 2.10. The number of nitro benzene ring substituents is 1. The minimum atomic E-state index is -0.492. The highest BCUT2D eigenvalue weighted by Gasteiger charge is 2.11. The van der Waals surface area contributed by atoms with Crippen molar-refractivity contribution in [2.24, 2.45) is 0 Å². The molecular formula is C14H10ClN3O3. The number of nitro groups is 1. The van der Waals surface area contributed by atoms with Gasteiger partial charge in [0.25, 0.3) is 5.69 Å². The minimum absolute atomic E-state index is 0.0654. The van der Waals surface area contributed by atoms with Crippen molar-refractivity contribution in [1.82, 2.24) is 9.38 Å². The van der Waals surface area contributed by atoms with Crippen molar-refractivity contribution >= 4 is 22.9 Å². The first kappa shape index (κ1) is 13.4. The normalized spacial score (nSPS) is 10.7. The van der Waals surface area contributed by atoms with E-state index in [1.165, 1.54) is 18.2 Å². The summed E-state index contributed by atoms with van der Waals surface area (Å²) in [4.78, 5) is 14.6. The van der Waals surface area contributed by atoms with Crippen LogP contribution in [0.4, 0.5) is 5.69 Å². The molecule has 0 aliphatic heterocycles. The quantitative estimate of drug-likeness (QED) is 0.546. The van der Waals surface area contributed by atoms with Gasteiger partial charge in [-0.2, -0.15) is 0 Å². The van der Waals surface area contributed by atoms with E-state index in [1.54, 1.807) is 0 Å². The van der Waals surface area contributed by atoms with Gasteiger partial charge in [-0.1, -0.05) is 17.7 Å². The number of fused-ring (bicyclic) bond motifs is 1. The molecule has 3 rings (SSSR count). The molecule has 6 nitrogen and oxygen atoms in total. The number of pyridine rings is 1. The summed E-state index contributed by atoms with van der Waals surface area (Å²) in [5.74, 6) is 0.267.